The van der Waals surface area contributed by atoms with Gasteiger partial charge in [0.05, 0.1) is 5.39 Å². The van der Waals surface area contributed by atoms with Crippen LogP contribution in [0.3, 0.4) is 0 Å². The van der Waals surface area contributed by atoms with E-state index in [0.29, 0.717) is 0 Å². The van der Waals surface area contributed by atoms with Crippen LogP contribution in [0.25, 0.3) is 16.7 Å². The van der Waals surface area contributed by atoms with Crippen molar-refractivity contribution in [2.75, 3.05) is 5.32 Å². The first-order chi connectivity index (χ1) is 9.42. The molecule has 0 saturated heterocycles. The second kappa shape index (κ2) is 3.84. The molecule has 1 aromatic carbocycles. The summed E-state index contributed by atoms with van der Waals surface area (Å²) < 4.78 is 2.01. The minimum absolute atomic E-state index is 0.813. The molecule has 19 heavy (non-hydrogen) atoms. The highest BCUT2D eigenvalue weighted by Gasteiger charge is 2.09. The Bertz CT molecular complexity index is 844. The highest BCUT2D eigenvalue weighted by molar-refractivity contribution is 5.93. The summed E-state index contributed by atoms with van der Waals surface area (Å²) in [5.74, 6) is 0.813. The van der Waals surface area contributed by atoms with Crippen LogP contribution in [0.2, 0.25) is 0 Å². The zero-order chi connectivity index (χ0) is 12.7. The molecule has 3 aromatic heterocycles. The number of nitrogens with zero attached hydrogens (tertiary/aromatic N) is 3. The lowest BCUT2D eigenvalue weighted by Gasteiger charge is -2.05. The summed E-state index contributed by atoms with van der Waals surface area (Å²) in [4.78, 5) is 11.8. The number of imidazole rings is 1. The minimum atomic E-state index is 0.813. The highest BCUT2D eigenvalue weighted by Crippen LogP contribution is 2.25. The van der Waals surface area contributed by atoms with Gasteiger partial charge in [-0.2, -0.15) is 0 Å². The van der Waals surface area contributed by atoms with Gasteiger partial charge in [0.2, 0.25) is 0 Å². The van der Waals surface area contributed by atoms with E-state index in [1.807, 2.05) is 53.2 Å². The number of anilines is 2. The maximum absolute atomic E-state index is 4.34. The standard InChI is InChI=1S/C14H11N5/c1-2-4-10(5-3-1)18-13-11-8-12-15-6-7-19(12)14(11)17-9-16-13/h1-9,15H,(H,16,17,18). The van der Waals surface area contributed by atoms with E-state index in [9.17, 15) is 0 Å². The van der Waals surface area contributed by atoms with Gasteiger partial charge in [-0.05, 0) is 18.2 Å². The zero-order valence-corrected chi connectivity index (χ0v) is 10.0. The summed E-state index contributed by atoms with van der Waals surface area (Å²) in [5.41, 5.74) is 2.91. The molecule has 92 valence electrons. The van der Waals surface area contributed by atoms with Gasteiger partial charge in [0, 0.05) is 18.1 Å². The Labute approximate surface area is 108 Å². The Kier molecular flexibility index (Phi) is 2.05. The van der Waals surface area contributed by atoms with Crippen molar-refractivity contribution < 1.29 is 0 Å². The third-order valence-corrected chi connectivity index (χ3v) is 3.12. The number of hydrogen-bond donors (Lipinski definition) is 2. The molecule has 0 aliphatic rings. The molecule has 4 rings (SSSR count). The third-order valence-electron chi connectivity index (χ3n) is 3.12. The van der Waals surface area contributed by atoms with E-state index in [2.05, 4.69) is 20.3 Å². The van der Waals surface area contributed by atoms with E-state index in [4.69, 9.17) is 0 Å². The van der Waals surface area contributed by atoms with Crippen molar-refractivity contribution in [3.05, 3.63) is 55.1 Å². The van der Waals surface area contributed by atoms with Gasteiger partial charge in [0.1, 0.15) is 17.8 Å². The lowest BCUT2D eigenvalue weighted by molar-refractivity contribution is 1.16. The topological polar surface area (TPSA) is 58.0 Å². The van der Waals surface area contributed by atoms with Crippen molar-refractivity contribution in [2.45, 2.75) is 0 Å². The molecule has 0 fully saturated rings. The molecule has 0 bridgehead atoms. The molecular formula is C14H11N5. The predicted molar refractivity (Wildman–Crippen MR) is 74.6 cm³/mol. The molecular weight excluding hydrogens is 238 g/mol. The van der Waals surface area contributed by atoms with E-state index in [0.717, 1.165) is 28.2 Å². The Morgan fingerprint density at radius 1 is 1.11 bits per heavy atom. The predicted octanol–water partition coefficient (Wildman–Crippen LogP) is 2.95. The van der Waals surface area contributed by atoms with E-state index < -0.39 is 0 Å². The average molecular weight is 249 g/mol. The van der Waals surface area contributed by atoms with Gasteiger partial charge in [-0.1, -0.05) is 18.2 Å². The number of aromatic nitrogens is 4. The van der Waals surface area contributed by atoms with Crippen LogP contribution in [0.15, 0.2) is 55.1 Å². The van der Waals surface area contributed by atoms with Crippen molar-refractivity contribution in [3.8, 4) is 0 Å². The molecule has 0 amide bonds. The van der Waals surface area contributed by atoms with Crippen LogP contribution in [-0.4, -0.2) is 19.4 Å². The van der Waals surface area contributed by atoms with Gasteiger partial charge in [-0.25, -0.2) is 9.97 Å². The van der Waals surface area contributed by atoms with Gasteiger partial charge in [-0.15, -0.1) is 0 Å². The van der Waals surface area contributed by atoms with Crippen LogP contribution in [0.4, 0.5) is 11.5 Å². The third kappa shape index (κ3) is 1.55. The van der Waals surface area contributed by atoms with Gasteiger partial charge < -0.3 is 10.3 Å². The number of aromatic amines is 1. The number of fused-ring (bicyclic) bond motifs is 3. The molecule has 0 atom stereocenters. The molecule has 0 spiro atoms. The zero-order valence-electron chi connectivity index (χ0n) is 10.0. The van der Waals surface area contributed by atoms with E-state index in [1.165, 1.54) is 0 Å². The molecule has 0 saturated carbocycles. The van der Waals surface area contributed by atoms with Crippen molar-refractivity contribution >= 4 is 28.2 Å². The number of nitrogens with one attached hydrogen (secondary N) is 2. The fourth-order valence-electron chi connectivity index (χ4n) is 2.25. The van der Waals surface area contributed by atoms with Crippen molar-refractivity contribution in [1.29, 1.82) is 0 Å². The first kappa shape index (κ1) is 10.1. The molecule has 4 aromatic rings. The van der Waals surface area contributed by atoms with Crippen LogP contribution in [0, 0.1) is 0 Å². The molecule has 2 N–H and O–H groups in total. The SMILES string of the molecule is c1ccc(Nc2ncnc3c2cc2[nH]ccn23)cc1. The lowest BCUT2D eigenvalue weighted by Crippen LogP contribution is -1.95. The fourth-order valence-corrected chi connectivity index (χ4v) is 2.25. The van der Waals surface area contributed by atoms with Gasteiger partial charge in [-0.3, -0.25) is 4.40 Å². The lowest BCUT2D eigenvalue weighted by atomic mass is 10.3. The van der Waals surface area contributed by atoms with Crippen LogP contribution in [0.5, 0.6) is 0 Å². The maximum Gasteiger partial charge on any atom is 0.151 e. The Morgan fingerprint density at radius 3 is 2.89 bits per heavy atom. The Hall–Kier alpha value is -2.82. The molecule has 5 nitrogen and oxygen atoms in total. The van der Waals surface area contributed by atoms with Gasteiger partial charge in [0.15, 0.2) is 5.65 Å². The van der Waals surface area contributed by atoms with E-state index >= 15 is 0 Å². The summed E-state index contributed by atoms with van der Waals surface area (Å²) in [5, 5.41) is 4.32. The molecule has 0 radical (unpaired) electrons. The number of para-hydroxylation sites is 1. The number of hydrogen-bond acceptors (Lipinski definition) is 3. The van der Waals surface area contributed by atoms with Gasteiger partial charge in [0.25, 0.3) is 0 Å². The number of benzene rings is 1. The highest BCUT2D eigenvalue weighted by atomic mass is 15.1. The summed E-state index contributed by atoms with van der Waals surface area (Å²) in [6, 6.07) is 12.0. The van der Waals surface area contributed by atoms with Crippen molar-refractivity contribution in [1.82, 2.24) is 19.4 Å². The molecule has 0 aliphatic carbocycles. The van der Waals surface area contributed by atoms with E-state index in [-0.39, 0.29) is 0 Å². The summed E-state index contributed by atoms with van der Waals surface area (Å²) >= 11 is 0. The van der Waals surface area contributed by atoms with Gasteiger partial charge >= 0.3 is 0 Å². The first-order valence-corrected chi connectivity index (χ1v) is 6.03. The first-order valence-electron chi connectivity index (χ1n) is 6.03. The quantitative estimate of drug-likeness (QED) is 0.574. The van der Waals surface area contributed by atoms with Crippen molar-refractivity contribution in [3.63, 3.8) is 0 Å². The Balaban J connectivity index is 1.89. The average Bonchev–Trinajstić information content (AvgIpc) is 3.01. The smallest absolute Gasteiger partial charge is 0.151 e. The summed E-state index contributed by atoms with van der Waals surface area (Å²) in [7, 11) is 0. The van der Waals surface area contributed by atoms with E-state index in [1.54, 1.807) is 6.33 Å². The molecule has 0 aliphatic heterocycles. The van der Waals surface area contributed by atoms with Crippen molar-refractivity contribution in [2.24, 2.45) is 0 Å². The van der Waals surface area contributed by atoms with Crippen LogP contribution in [-0.2, 0) is 0 Å². The second-order valence-corrected chi connectivity index (χ2v) is 4.31. The van der Waals surface area contributed by atoms with Crippen LogP contribution < -0.4 is 5.32 Å². The minimum Gasteiger partial charge on any atom is -0.346 e. The molecule has 0 unspecified atom stereocenters. The monoisotopic (exact) mass is 249 g/mol. The fraction of sp³-hybridized carbons (Fsp3) is 0. The van der Waals surface area contributed by atoms with Crippen LogP contribution in [0.1, 0.15) is 0 Å². The molecule has 5 heteroatoms. The summed E-state index contributed by atoms with van der Waals surface area (Å²) in [6.07, 6.45) is 5.42. The number of H-pyrrole nitrogens is 1. The molecule has 3 heterocycles. The maximum atomic E-state index is 4.34. The second-order valence-electron chi connectivity index (χ2n) is 4.31. The number of rotatable bonds is 2. The largest absolute Gasteiger partial charge is 0.346 e. The Morgan fingerprint density at radius 2 is 2.00 bits per heavy atom. The normalized spacial score (nSPS) is 11.2. The van der Waals surface area contributed by atoms with Crippen LogP contribution >= 0.6 is 0 Å². The summed E-state index contributed by atoms with van der Waals surface area (Å²) in [6.45, 7) is 0.